The van der Waals surface area contributed by atoms with Crippen molar-refractivity contribution in [1.82, 2.24) is 0 Å². The number of amides is 1. The van der Waals surface area contributed by atoms with Crippen LogP contribution in [0.1, 0.15) is 44.1 Å². The minimum atomic E-state index is -0.358. The van der Waals surface area contributed by atoms with Crippen LogP contribution in [0.15, 0.2) is 51.8 Å². The first-order valence-corrected chi connectivity index (χ1v) is 14.3. The zero-order valence-corrected chi connectivity index (χ0v) is 23.1. The molecule has 2 aromatic rings. The number of methoxy groups -OCH3 is 1. The Bertz CT molecular complexity index is 1260. The van der Waals surface area contributed by atoms with Gasteiger partial charge in [-0.05, 0) is 108 Å². The molecule has 7 rings (SSSR count). The monoisotopic (exact) mass is 583 g/mol. The molecule has 0 aromatic heterocycles. The Labute approximate surface area is 228 Å². The minimum absolute atomic E-state index is 0.128. The Morgan fingerprint density at radius 2 is 1.75 bits per heavy atom. The standard InChI is InChI=1S/C28H26BrNO4S2/c1-33-22-11-16(12-23-25(31)30(27(35)36-23)20-5-3-2-4-6-20)10-21(29)24(22)34-26(32)28-13-17-7-18(14-28)9-19(8-17)15-28/h2-6,10-12,17-19H,7-9,13-15H2,1H3/b23-12-. The van der Waals surface area contributed by atoms with Gasteiger partial charge in [-0.3, -0.25) is 14.5 Å². The van der Waals surface area contributed by atoms with Crippen LogP contribution in [0.5, 0.6) is 11.5 Å². The first kappa shape index (κ1) is 24.2. The van der Waals surface area contributed by atoms with Gasteiger partial charge >= 0.3 is 5.97 Å². The number of esters is 1. The molecule has 5 nitrogen and oxygen atoms in total. The molecule has 5 aliphatic rings. The van der Waals surface area contributed by atoms with Crippen molar-refractivity contribution in [3.8, 4) is 11.5 Å². The second-order valence-electron chi connectivity index (χ2n) is 10.5. The van der Waals surface area contributed by atoms with E-state index in [9.17, 15) is 9.59 Å². The lowest BCUT2D eigenvalue weighted by molar-refractivity contribution is -0.161. The number of carbonyl (C=O) groups is 2. The topological polar surface area (TPSA) is 55.8 Å². The van der Waals surface area contributed by atoms with Crippen LogP contribution in [0, 0.1) is 23.2 Å². The van der Waals surface area contributed by atoms with Gasteiger partial charge in [0.2, 0.25) is 0 Å². The summed E-state index contributed by atoms with van der Waals surface area (Å²) < 4.78 is 12.8. The summed E-state index contributed by atoms with van der Waals surface area (Å²) in [4.78, 5) is 28.7. The van der Waals surface area contributed by atoms with E-state index in [0.717, 1.165) is 30.5 Å². The maximum Gasteiger partial charge on any atom is 0.317 e. The molecule has 1 aliphatic heterocycles. The number of thiocarbonyl (C=S) groups is 1. The number of benzene rings is 2. The number of para-hydroxylation sites is 1. The highest BCUT2D eigenvalue weighted by Gasteiger charge is 2.55. The Morgan fingerprint density at radius 3 is 2.36 bits per heavy atom. The first-order valence-electron chi connectivity index (χ1n) is 12.3. The van der Waals surface area contributed by atoms with Crippen LogP contribution in [-0.2, 0) is 9.59 Å². The Kier molecular flexibility index (Phi) is 6.25. The van der Waals surface area contributed by atoms with Crippen molar-refractivity contribution < 1.29 is 19.1 Å². The van der Waals surface area contributed by atoms with Crippen molar-refractivity contribution in [1.29, 1.82) is 0 Å². The number of anilines is 1. The fourth-order valence-corrected chi connectivity index (χ4v) is 8.74. The number of thioether (sulfide) groups is 1. The summed E-state index contributed by atoms with van der Waals surface area (Å²) in [5.41, 5.74) is 1.14. The first-order chi connectivity index (χ1) is 17.3. The third kappa shape index (κ3) is 4.21. The van der Waals surface area contributed by atoms with E-state index in [4.69, 9.17) is 21.7 Å². The van der Waals surface area contributed by atoms with Crippen molar-refractivity contribution in [3.05, 3.63) is 57.4 Å². The maximum atomic E-state index is 13.5. The lowest BCUT2D eigenvalue weighted by atomic mass is 9.49. The summed E-state index contributed by atoms with van der Waals surface area (Å²) in [7, 11) is 1.56. The molecule has 0 unspecified atom stereocenters. The van der Waals surface area contributed by atoms with Crippen LogP contribution in [0.25, 0.3) is 6.08 Å². The van der Waals surface area contributed by atoms with Crippen LogP contribution >= 0.6 is 39.9 Å². The number of hydrogen-bond acceptors (Lipinski definition) is 6. The molecule has 1 saturated heterocycles. The molecule has 0 spiro atoms. The van der Waals surface area contributed by atoms with E-state index in [2.05, 4.69) is 15.9 Å². The maximum absolute atomic E-state index is 13.5. The molecular formula is C28H26BrNO4S2. The zero-order valence-electron chi connectivity index (χ0n) is 19.9. The predicted octanol–water partition coefficient (Wildman–Crippen LogP) is 6.99. The molecule has 1 heterocycles. The van der Waals surface area contributed by atoms with Gasteiger partial charge < -0.3 is 9.47 Å². The second-order valence-corrected chi connectivity index (χ2v) is 13.0. The fraction of sp³-hybridized carbons (Fsp3) is 0.393. The summed E-state index contributed by atoms with van der Waals surface area (Å²) in [6, 6.07) is 13.0. The average molecular weight is 585 g/mol. The molecule has 4 aliphatic carbocycles. The summed E-state index contributed by atoms with van der Waals surface area (Å²) >= 11 is 10.3. The molecule has 36 heavy (non-hydrogen) atoms. The van der Waals surface area contributed by atoms with Crippen LogP contribution in [0.2, 0.25) is 0 Å². The Balaban J connectivity index is 1.25. The van der Waals surface area contributed by atoms with E-state index in [-0.39, 0.29) is 17.3 Å². The van der Waals surface area contributed by atoms with Gasteiger partial charge in [0, 0.05) is 0 Å². The van der Waals surface area contributed by atoms with E-state index in [1.807, 2.05) is 36.4 Å². The number of rotatable bonds is 5. The highest BCUT2D eigenvalue weighted by molar-refractivity contribution is 9.10. The molecule has 8 heteroatoms. The van der Waals surface area contributed by atoms with Crippen molar-refractivity contribution in [2.75, 3.05) is 12.0 Å². The molecule has 5 fully saturated rings. The van der Waals surface area contributed by atoms with Crippen molar-refractivity contribution in [3.63, 3.8) is 0 Å². The normalized spacial score (nSPS) is 29.8. The summed E-state index contributed by atoms with van der Waals surface area (Å²) in [5, 5.41) is 0. The van der Waals surface area contributed by atoms with Gasteiger partial charge in [0.1, 0.15) is 0 Å². The van der Waals surface area contributed by atoms with Crippen LogP contribution in [0.3, 0.4) is 0 Å². The lowest BCUT2D eigenvalue weighted by Gasteiger charge is -2.55. The van der Waals surface area contributed by atoms with Gasteiger partial charge in [0.15, 0.2) is 15.8 Å². The van der Waals surface area contributed by atoms with Crippen molar-refractivity contribution >= 4 is 67.9 Å². The van der Waals surface area contributed by atoms with Crippen molar-refractivity contribution in [2.24, 2.45) is 23.2 Å². The SMILES string of the molecule is COc1cc(/C=C2\SC(=S)N(c3ccccc3)C2=O)cc(Br)c1OC(=O)C12CC3CC(CC(C3)C1)C2. The number of ether oxygens (including phenoxy) is 2. The molecule has 2 aromatic carbocycles. The van der Waals surface area contributed by atoms with E-state index < -0.39 is 0 Å². The Hall–Kier alpha value is -2.16. The van der Waals surface area contributed by atoms with Gasteiger partial charge in [-0.1, -0.05) is 42.2 Å². The molecule has 4 bridgehead atoms. The predicted molar refractivity (Wildman–Crippen MR) is 149 cm³/mol. The largest absolute Gasteiger partial charge is 0.493 e. The van der Waals surface area contributed by atoms with Crippen molar-refractivity contribution in [2.45, 2.75) is 38.5 Å². The summed E-state index contributed by atoms with van der Waals surface area (Å²) in [6.45, 7) is 0. The number of hydrogen-bond donors (Lipinski definition) is 0. The molecule has 186 valence electrons. The van der Waals surface area contributed by atoms with E-state index in [0.29, 0.717) is 43.0 Å². The van der Waals surface area contributed by atoms with Gasteiger partial charge in [-0.25, -0.2) is 0 Å². The smallest absolute Gasteiger partial charge is 0.317 e. The van der Waals surface area contributed by atoms with E-state index in [1.165, 1.54) is 31.0 Å². The van der Waals surface area contributed by atoms with Gasteiger partial charge in [0.05, 0.1) is 27.6 Å². The van der Waals surface area contributed by atoms with E-state index in [1.54, 1.807) is 24.2 Å². The fourth-order valence-electron chi connectivity index (χ4n) is 6.90. The summed E-state index contributed by atoms with van der Waals surface area (Å²) in [5.74, 6) is 2.53. The average Bonchev–Trinajstić information content (AvgIpc) is 3.12. The molecule has 0 N–H and O–H groups in total. The van der Waals surface area contributed by atoms with Gasteiger partial charge in [-0.2, -0.15) is 0 Å². The summed E-state index contributed by atoms with van der Waals surface area (Å²) in [6.07, 6.45) is 8.43. The zero-order chi connectivity index (χ0) is 25.0. The third-order valence-electron chi connectivity index (χ3n) is 8.02. The van der Waals surface area contributed by atoms with Crippen LogP contribution in [-0.4, -0.2) is 23.3 Å². The number of carbonyl (C=O) groups excluding carboxylic acids is 2. The number of halogens is 1. The molecule has 0 radical (unpaired) electrons. The highest BCUT2D eigenvalue weighted by Crippen LogP contribution is 2.60. The van der Waals surface area contributed by atoms with Gasteiger partial charge in [0.25, 0.3) is 5.91 Å². The van der Waals surface area contributed by atoms with E-state index >= 15 is 0 Å². The lowest BCUT2D eigenvalue weighted by Crippen LogP contribution is -2.51. The molecular weight excluding hydrogens is 558 g/mol. The van der Waals surface area contributed by atoms with Gasteiger partial charge in [-0.15, -0.1) is 0 Å². The van der Waals surface area contributed by atoms with Crippen LogP contribution < -0.4 is 14.4 Å². The minimum Gasteiger partial charge on any atom is -0.493 e. The molecule has 0 atom stereocenters. The second kappa shape index (κ2) is 9.30. The number of nitrogens with zero attached hydrogens (tertiary/aromatic N) is 1. The quantitative estimate of drug-likeness (QED) is 0.164. The third-order valence-corrected chi connectivity index (χ3v) is 9.91. The molecule has 4 saturated carbocycles. The highest BCUT2D eigenvalue weighted by atomic mass is 79.9. The van der Waals surface area contributed by atoms with Crippen LogP contribution in [0.4, 0.5) is 5.69 Å². The molecule has 1 amide bonds. The Morgan fingerprint density at radius 1 is 1.11 bits per heavy atom.